The van der Waals surface area contributed by atoms with E-state index in [-0.39, 0.29) is 0 Å². The maximum absolute atomic E-state index is 10.4. The monoisotopic (exact) mass is 322 g/mol. The third kappa shape index (κ3) is 21.0. The molecule has 0 aliphatic carbocycles. The average molecular weight is 323 g/mol. The summed E-state index contributed by atoms with van der Waals surface area (Å²) in [7, 11) is 0. The molecule has 2 heteroatoms. The normalized spacial score (nSPS) is 11.7. The highest BCUT2D eigenvalue weighted by Crippen LogP contribution is 2.09. The van der Waals surface area contributed by atoms with Crippen molar-refractivity contribution >= 4 is 5.97 Å². The molecule has 0 aromatic rings. The summed E-state index contributed by atoms with van der Waals surface area (Å²) in [6.07, 6.45) is 26.7. The van der Waals surface area contributed by atoms with Crippen LogP contribution in [0.2, 0.25) is 0 Å². The van der Waals surface area contributed by atoms with Gasteiger partial charge in [-0.15, -0.1) is 0 Å². The standard InChI is InChI=1S/C21H38O2/c1-2-3-4-5-6-7-8-9-10-11-12-13-14-15-16-17-18-19-20-21(22)23/h10-13H,2-9,14-20H2,1H3,(H,22,23)/b11-10+,13-12+. The second-order valence-electron chi connectivity index (χ2n) is 6.47. The van der Waals surface area contributed by atoms with Crippen LogP contribution in [0.3, 0.4) is 0 Å². The van der Waals surface area contributed by atoms with Gasteiger partial charge in [-0.05, 0) is 32.1 Å². The highest BCUT2D eigenvalue weighted by Gasteiger charge is 1.95. The van der Waals surface area contributed by atoms with Crippen molar-refractivity contribution in [3.63, 3.8) is 0 Å². The van der Waals surface area contributed by atoms with E-state index in [0.29, 0.717) is 6.42 Å². The number of hydrogen-bond acceptors (Lipinski definition) is 1. The molecule has 0 atom stereocenters. The van der Waals surface area contributed by atoms with Crippen LogP contribution in [0.5, 0.6) is 0 Å². The van der Waals surface area contributed by atoms with E-state index in [2.05, 4.69) is 31.2 Å². The average Bonchev–Trinajstić information content (AvgIpc) is 2.53. The number of carboxylic acids is 1. The van der Waals surface area contributed by atoms with E-state index in [1.807, 2.05) is 0 Å². The molecule has 0 aliphatic heterocycles. The molecule has 0 radical (unpaired) electrons. The van der Waals surface area contributed by atoms with Crippen LogP contribution in [0, 0.1) is 0 Å². The molecule has 0 amide bonds. The van der Waals surface area contributed by atoms with Gasteiger partial charge in [0.05, 0.1) is 0 Å². The Morgan fingerprint density at radius 1 is 0.696 bits per heavy atom. The first kappa shape index (κ1) is 21.9. The van der Waals surface area contributed by atoms with Gasteiger partial charge in [-0.25, -0.2) is 0 Å². The largest absolute Gasteiger partial charge is 0.481 e. The Bertz CT molecular complexity index is 305. The third-order valence-electron chi connectivity index (χ3n) is 4.12. The van der Waals surface area contributed by atoms with Gasteiger partial charge in [0.15, 0.2) is 0 Å². The summed E-state index contributed by atoms with van der Waals surface area (Å²) >= 11 is 0. The Morgan fingerprint density at radius 2 is 1.13 bits per heavy atom. The fourth-order valence-corrected chi connectivity index (χ4v) is 2.64. The molecule has 0 saturated carbocycles. The molecule has 0 aromatic carbocycles. The Kier molecular flexibility index (Phi) is 18.1. The van der Waals surface area contributed by atoms with Crippen molar-refractivity contribution in [3.05, 3.63) is 24.3 Å². The maximum Gasteiger partial charge on any atom is 0.303 e. The molecule has 1 N–H and O–H groups in total. The van der Waals surface area contributed by atoms with Crippen molar-refractivity contribution in [1.29, 1.82) is 0 Å². The minimum absolute atomic E-state index is 0.323. The SMILES string of the molecule is CCCCCCCCC/C=C/C=C/CCCCCCCC(=O)O. The zero-order valence-electron chi connectivity index (χ0n) is 15.3. The van der Waals surface area contributed by atoms with E-state index >= 15 is 0 Å². The number of rotatable bonds is 17. The minimum Gasteiger partial charge on any atom is -0.481 e. The predicted molar refractivity (Wildman–Crippen MR) is 101 cm³/mol. The molecule has 2 nitrogen and oxygen atoms in total. The van der Waals surface area contributed by atoms with Crippen molar-refractivity contribution < 1.29 is 9.90 Å². The van der Waals surface area contributed by atoms with Crippen LogP contribution >= 0.6 is 0 Å². The van der Waals surface area contributed by atoms with Crippen LogP contribution in [0.15, 0.2) is 24.3 Å². The summed E-state index contributed by atoms with van der Waals surface area (Å²) in [4.78, 5) is 10.4. The molecule has 0 heterocycles. The fraction of sp³-hybridized carbons (Fsp3) is 0.762. The Hall–Kier alpha value is -1.05. The van der Waals surface area contributed by atoms with Gasteiger partial charge in [0, 0.05) is 6.42 Å². The first-order valence-electron chi connectivity index (χ1n) is 9.80. The first-order chi connectivity index (χ1) is 11.3. The molecular weight excluding hydrogens is 284 g/mol. The summed E-state index contributed by atoms with van der Waals surface area (Å²) in [5.74, 6) is -0.670. The van der Waals surface area contributed by atoms with E-state index in [1.54, 1.807) is 0 Å². The Morgan fingerprint density at radius 3 is 1.61 bits per heavy atom. The quantitative estimate of drug-likeness (QED) is 0.230. The number of aliphatic carboxylic acids is 1. The number of carboxylic acid groups (broad SMARTS) is 1. The summed E-state index contributed by atoms with van der Waals surface area (Å²) in [6.45, 7) is 2.26. The Labute approximate surface area is 144 Å². The van der Waals surface area contributed by atoms with Gasteiger partial charge in [-0.1, -0.05) is 89.0 Å². The lowest BCUT2D eigenvalue weighted by Crippen LogP contribution is -1.93. The van der Waals surface area contributed by atoms with E-state index < -0.39 is 5.97 Å². The molecule has 0 aliphatic rings. The molecule has 0 aromatic heterocycles. The zero-order chi connectivity index (χ0) is 17.0. The molecular formula is C21H38O2. The van der Waals surface area contributed by atoms with Gasteiger partial charge >= 0.3 is 5.97 Å². The zero-order valence-corrected chi connectivity index (χ0v) is 15.3. The van der Waals surface area contributed by atoms with Crippen LogP contribution in [0.1, 0.15) is 103 Å². The molecule has 23 heavy (non-hydrogen) atoms. The van der Waals surface area contributed by atoms with E-state index in [9.17, 15) is 4.79 Å². The summed E-state index contributed by atoms with van der Waals surface area (Å²) in [5, 5.41) is 8.53. The third-order valence-corrected chi connectivity index (χ3v) is 4.12. The highest BCUT2D eigenvalue weighted by atomic mass is 16.4. The van der Waals surface area contributed by atoms with Crippen LogP contribution in [-0.4, -0.2) is 11.1 Å². The van der Waals surface area contributed by atoms with Crippen molar-refractivity contribution in [1.82, 2.24) is 0 Å². The fourth-order valence-electron chi connectivity index (χ4n) is 2.64. The van der Waals surface area contributed by atoms with Crippen LogP contribution in [-0.2, 0) is 4.79 Å². The highest BCUT2D eigenvalue weighted by molar-refractivity contribution is 5.66. The van der Waals surface area contributed by atoms with Crippen molar-refractivity contribution in [3.8, 4) is 0 Å². The van der Waals surface area contributed by atoms with Crippen LogP contribution in [0.25, 0.3) is 0 Å². The summed E-state index contributed by atoms with van der Waals surface area (Å²) in [6, 6.07) is 0. The molecule has 0 saturated heterocycles. The topological polar surface area (TPSA) is 37.3 Å². The van der Waals surface area contributed by atoms with Gasteiger partial charge in [-0.2, -0.15) is 0 Å². The predicted octanol–water partition coefficient (Wildman–Crippen LogP) is 7.05. The molecule has 0 spiro atoms. The van der Waals surface area contributed by atoms with Crippen molar-refractivity contribution in [2.75, 3.05) is 0 Å². The second-order valence-corrected chi connectivity index (χ2v) is 6.47. The van der Waals surface area contributed by atoms with Crippen molar-refractivity contribution in [2.45, 2.75) is 103 Å². The van der Waals surface area contributed by atoms with E-state index in [0.717, 1.165) is 25.7 Å². The van der Waals surface area contributed by atoms with Gasteiger partial charge in [-0.3, -0.25) is 4.79 Å². The maximum atomic E-state index is 10.4. The molecule has 0 bridgehead atoms. The molecule has 0 fully saturated rings. The number of carbonyl (C=O) groups is 1. The minimum atomic E-state index is -0.670. The van der Waals surface area contributed by atoms with Gasteiger partial charge in [0.2, 0.25) is 0 Å². The summed E-state index contributed by atoms with van der Waals surface area (Å²) < 4.78 is 0. The van der Waals surface area contributed by atoms with Crippen molar-refractivity contribution in [2.24, 2.45) is 0 Å². The number of hydrogen-bond donors (Lipinski definition) is 1. The number of unbranched alkanes of at least 4 members (excludes halogenated alkanes) is 12. The second kappa shape index (κ2) is 19.0. The number of allylic oxidation sites excluding steroid dienone is 4. The van der Waals surface area contributed by atoms with Crippen LogP contribution < -0.4 is 0 Å². The van der Waals surface area contributed by atoms with Gasteiger partial charge in [0.1, 0.15) is 0 Å². The Balaban J connectivity index is 3.19. The summed E-state index contributed by atoms with van der Waals surface area (Å²) in [5.41, 5.74) is 0. The van der Waals surface area contributed by atoms with Gasteiger partial charge < -0.3 is 5.11 Å². The lowest BCUT2D eigenvalue weighted by molar-refractivity contribution is -0.137. The van der Waals surface area contributed by atoms with Gasteiger partial charge in [0.25, 0.3) is 0 Å². The first-order valence-corrected chi connectivity index (χ1v) is 9.80. The van der Waals surface area contributed by atoms with Crippen LogP contribution in [0.4, 0.5) is 0 Å². The molecule has 134 valence electrons. The van der Waals surface area contributed by atoms with E-state index in [4.69, 9.17) is 5.11 Å². The lowest BCUT2D eigenvalue weighted by atomic mass is 10.1. The molecule has 0 unspecified atom stereocenters. The molecule has 0 rings (SSSR count). The smallest absolute Gasteiger partial charge is 0.303 e. The van der Waals surface area contributed by atoms with E-state index in [1.165, 1.54) is 64.2 Å². The lowest BCUT2D eigenvalue weighted by Gasteiger charge is -1.98.